The molecule has 10 rings (SSSR count). The molecule has 2 saturated heterocycles. The first-order valence-corrected chi connectivity index (χ1v) is 20.1. The van der Waals surface area contributed by atoms with E-state index in [1.165, 1.54) is 49.5 Å². The van der Waals surface area contributed by atoms with Crippen molar-refractivity contribution in [1.29, 1.82) is 0 Å². The molecule has 6 atom stereocenters. The number of imide groups is 2. The zero-order valence-electron chi connectivity index (χ0n) is 32.7. The third-order valence-electron chi connectivity index (χ3n) is 12.8. The van der Waals surface area contributed by atoms with Crippen LogP contribution in [0.25, 0.3) is 22.6 Å². The highest BCUT2D eigenvalue weighted by atomic mass is 35.5. The monoisotopic (exact) mass is 838 g/mol. The average Bonchev–Trinajstić information content (AvgIpc) is 3.89. The van der Waals surface area contributed by atoms with Gasteiger partial charge >= 0.3 is 0 Å². The highest BCUT2D eigenvalue weighted by Gasteiger charge is 2.71. The molecule has 3 heterocycles. The van der Waals surface area contributed by atoms with E-state index in [1.807, 2.05) is 30.3 Å². The van der Waals surface area contributed by atoms with Crippen molar-refractivity contribution in [3.8, 4) is 28.7 Å². The first-order chi connectivity index (χ1) is 29.5. The number of hydrazine groups is 1. The molecule has 4 amide bonds. The number of phenolic OH excluding ortho intramolecular Hbond substituents is 1. The van der Waals surface area contributed by atoms with Crippen LogP contribution in [0.2, 0.25) is 5.02 Å². The van der Waals surface area contributed by atoms with Crippen molar-refractivity contribution in [2.45, 2.75) is 24.2 Å². The summed E-state index contributed by atoms with van der Waals surface area (Å²) in [5.41, 5.74) is 5.05. The Morgan fingerprint density at radius 3 is 2.31 bits per heavy atom. The van der Waals surface area contributed by atoms with Gasteiger partial charge in [0.2, 0.25) is 17.7 Å². The number of oxazole rings is 1. The normalized spacial score (nSPS) is 24.4. The van der Waals surface area contributed by atoms with Gasteiger partial charge in [0.05, 0.1) is 48.8 Å². The minimum absolute atomic E-state index is 0.00104. The molecule has 1 aromatic heterocycles. The summed E-state index contributed by atoms with van der Waals surface area (Å²) in [5, 5.41) is 13.3. The van der Waals surface area contributed by atoms with Gasteiger partial charge in [0.25, 0.3) is 11.8 Å². The van der Waals surface area contributed by atoms with E-state index in [2.05, 4.69) is 10.4 Å². The lowest BCUT2D eigenvalue weighted by Gasteiger charge is -2.50. The molecule has 61 heavy (non-hydrogen) atoms. The van der Waals surface area contributed by atoms with Crippen LogP contribution in [0.4, 0.5) is 15.8 Å². The van der Waals surface area contributed by atoms with Crippen LogP contribution in [0.15, 0.2) is 125 Å². The molecule has 5 aromatic carbocycles. The first-order valence-electron chi connectivity index (χ1n) is 19.7. The number of anilines is 2. The minimum Gasteiger partial charge on any atom is -0.507 e. The smallest absolute Gasteiger partial charge is 0.260 e. The van der Waals surface area contributed by atoms with E-state index in [1.54, 1.807) is 54.6 Å². The fourth-order valence-corrected chi connectivity index (χ4v) is 10.3. The summed E-state index contributed by atoms with van der Waals surface area (Å²) in [6.07, 6.45) is 2.03. The zero-order chi connectivity index (χ0) is 42.3. The molecule has 4 aliphatic rings. The van der Waals surface area contributed by atoms with Crippen molar-refractivity contribution in [1.82, 2.24) is 9.99 Å². The van der Waals surface area contributed by atoms with E-state index in [0.717, 1.165) is 5.01 Å². The van der Waals surface area contributed by atoms with Crippen molar-refractivity contribution in [3.63, 3.8) is 0 Å². The lowest BCUT2D eigenvalue weighted by molar-refractivity contribution is -0.138. The fraction of sp³-hybridized carbons (Fsp3) is 0.213. The highest BCUT2D eigenvalue weighted by Crippen LogP contribution is 2.66. The number of ether oxygens (including phenoxy) is 2. The van der Waals surface area contributed by atoms with Gasteiger partial charge in [-0.1, -0.05) is 47.5 Å². The molecule has 14 heteroatoms. The number of hydrogen-bond donors (Lipinski definition) is 2. The summed E-state index contributed by atoms with van der Waals surface area (Å²) >= 11 is 6.41. The SMILES string of the molecule is COc1cc(O)c(C2C3=CCC4C(=O)N(c5ccc(-c6nc7ccccc7o6)cc5)C(=O)C4C3CC3C(=O)N(Nc4ccc(F)cc4)C(=O)C32c2ccc(Cl)cc2)c(OC)c1. The Morgan fingerprint density at radius 1 is 0.869 bits per heavy atom. The van der Waals surface area contributed by atoms with Crippen LogP contribution in [-0.4, -0.2) is 52.9 Å². The Hall–Kier alpha value is -6.99. The molecule has 2 N–H and O–H groups in total. The number of allylic oxidation sites excluding steroid dienone is 2. The Balaban J connectivity index is 1.11. The molecule has 306 valence electrons. The van der Waals surface area contributed by atoms with Crippen molar-refractivity contribution in [3.05, 3.63) is 143 Å². The first kappa shape index (κ1) is 38.2. The van der Waals surface area contributed by atoms with Crippen molar-refractivity contribution in [2.75, 3.05) is 24.5 Å². The molecule has 0 radical (unpaired) electrons. The summed E-state index contributed by atoms with van der Waals surface area (Å²) in [4.78, 5) is 65.6. The zero-order valence-corrected chi connectivity index (χ0v) is 33.4. The molecule has 3 fully saturated rings. The van der Waals surface area contributed by atoms with E-state index < -0.39 is 58.5 Å². The molecule has 0 spiro atoms. The van der Waals surface area contributed by atoms with Gasteiger partial charge in [0, 0.05) is 34.2 Å². The highest BCUT2D eigenvalue weighted by molar-refractivity contribution is 6.30. The molecular weight excluding hydrogens is 803 g/mol. The van der Waals surface area contributed by atoms with Gasteiger partial charge in [0.1, 0.15) is 28.6 Å². The van der Waals surface area contributed by atoms with Gasteiger partial charge in [-0.05, 0) is 97.1 Å². The second kappa shape index (κ2) is 14.3. The number of aromatic nitrogens is 1. The predicted molar refractivity (Wildman–Crippen MR) is 222 cm³/mol. The quantitative estimate of drug-likeness (QED) is 0.113. The molecule has 6 unspecified atom stereocenters. The minimum atomic E-state index is -1.74. The Kier molecular flexibility index (Phi) is 8.98. The number of phenols is 1. The van der Waals surface area contributed by atoms with Crippen LogP contribution in [0.3, 0.4) is 0 Å². The largest absolute Gasteiger partial charge is 0.507 e. The van der Waals surface area contributed by atoms with Gasteiger partial charge in [0.15, 0.2) is 5.58 Å². The van der Waals surface area contributed by atoms with Crippen molar-refractivity contribution in [2.24, 2.45) is 23.7 Å². The number of nitrogens with one attached hydrogen (secondary N) is 1. The Labute approximate surface area is 353 Å². The molecule has 0 bridgehead atoms. The van der Waals surface area contributed by atoms with E-state index >= 15 is 9.59 Å². The van der Waals surface area contributed by atoms with Gasteiger partial charge in [-0.15, -0.1) is 0 Å². The fourth-order valence-electron chi connectivity index (χ4n) is 10.1. The van der Waals surface area contributed by atoms with Crippen LogP contribution in [0.5, 0.6) is 17.2 Å². The molecule has 1 saturated carbocycles. The standard InChI is InChI=1S/C47H36ClFN4O8/c1-59-30-21-36(54)40(38(22-30)60-2)41-31-19-20-32-39(45(57)52(43(32)55)29-17-7-24(8-18-29)42-50-35-5-3-4-6-37(35)61-42)33(31)23-34-44(56)53(51-28-15-13-27(49)14-16-28)46(58)47(34,41)25-9-11-26(48)12-10-25/h3-19,21-22,32-34,39,41,51,54H,20,23H2,1-2H3. The van der Waals surface area contributed by atoms with Crippen molar-refractivity contribution >= 4 is 57.7 Å². The number of aromatic hydroxyl groups is 1. The summed E-state index contributed by atoms with van der Waals surface area (Å²) in [6, 6.07) is 29.1. The van der Waals surface area contributed by atoms with E-state index in [0.29, 0.717) is 44.4 Å². The van der Waals surface area contributed by atoms with Gasteiger partial charge in [-0.2, -0.15) is 5.01 Å². The second-order valence-electron chi connectivity index (χ2n) is 15.7. The van der Waals surface area contributed by atoms with Gasteiger partial charge < -0.3 is 19.0 Å². The van der Waals surface area contributed by atoms with Crippen LogP contribution >= 0.6 is 11.6 Å². The molecule has 6 aromatic rings. The number of hydrogen-bond acceptors (Lipinski definition) is 10. The van der Waals surface area contributed by atoms with Crippen LogP contribution in [0.1, 0.15) is 29.9 Å². The topological polar surface area (TPSA) is 152 Å². The number of carbonyl (C=O) groups excluding carboxylic acids is 4. The number of para-hydroxylation sites is 2. The third kappa shape index (κ3) is 5.74. The summed E-state index contributed by atoms with van der Waals surface area (Å²) < 4.78 is 31.3. The summed E-state index contributed by atoms with van der Waals surface area (Å²) in [7, 11) is 2.86. The maximum absolute atomic E-state index is 15.5. The number of carbonyl (C=O) groups is 4. The summed E-state index contributed by atoms with van der Waals surface area (Å²) in [6.45, 7) is 0. The maximum Gasteiger partial charge on any atom is 0.260 e. The van der Waals surface area contributed by atoms with Crippen LogP contribution < -0.4 is 19.8 Å². The summed E-state index contributed by atoms with van der Waals surface area (Å²) in [5.74, 6) is -6.67. The van der Waals surface area contributed by atoms with Crippen LogP contribution in [-0.2, 0) is 24.6 Å². The van der Waals surface area contributed by atoms with E-state index in [-0.39, 0.29) is 47.2 Å². The second-order valence-corrected chi connectivity index (χ2v) is 16.1. The lowest BCUT2D eigenvalue weighted by Crippen LogP contribution is -2.53. The molecule has 12 nitrogen and oxygen atoms in total. The van der Waals surface area contributed by atoms with E-state index in [4.69, 9.17) is 25.5 Å². The van der Waals surface area contributed by atoms with Gasteiger partial charge in [-0.25, -0.2) is 9.37 Å². The lowest BCUT2D eigenvalue weighted by atomic mass is 9.49. The van der Waals surface area contributed by atoms with Crippen molar-refractivity contribution < 1.29 is 42.6 Å². The number of amides is 4. The number of fused-ring (bicyclic) bond motifs is 5. The number of nitrogens with zero attached hydrogens (tertiary/aromatic N) is 3. The number of halogens is 2. The number of benzene rings is 5. The molecule has 2 aliphatic heterocycles. The predicted octanol–water partition coefficient (Wildman–Crippen LogP) is 8.20. The number of methoxy groups -OCH3 is 2. The maximum atomic E-state index is 15.5. The van der Waals surface area contributed by atoms with Gasteiger partial charge in [-0.3, -0.25) is 29.5 Å². The number of rotatable bonds is 8. The molecule has 2 aliphatic carbocycles. The Morgan fingerprint density at radius 2 is 1.61 bits per heavy atom. The third-order valence-corrected chi connectivity index (χ3v) is 13.0. The van der Waals surface area contributed by atoms with E-state index in [9.17, 15) is 19.1 Å². The average molecular weight is 839 g/mol. The Bertz CT molecular complexity index is 2790. The van der Waals surface area contributed by atoms with Crippen LogP contribution in [0, 0.1) is 29.5 Å². The molecular formula is C47H36ClFN4O8.